The number of nitrogens with zero attached hydrogens (tertiary/aromatic N) is 3. The number of carbonyl (C=O) groups excluding carboxylic acids is 1. The zero-order chi connectivity index (χ0) is 23.5. The van der Waals surface area contributed by atoms with Crippen molar-refractivity contribution in [3.63, 3.8) is 0 Å². The first-order valence-electron chi connectivity index (χ1n) is 10.0. The number of imidazole rings is 1. The van der Waals surface area contributed by atoms with Crippen LogP contribution in [0.2, 0.25) is 0 Å². The van der Waals surface area contributed by atoms with Crippen molar-refractivity contribution in [2.45, 2.75) is 6.92 Å². The van der Waals surface area contributed by atoms with Crippen molar-refractivity contribution >= 4 is 17.2 Å². The Morgan fingerprint density at radius 1 is 1.15 bits per heavy atom. The van der Waals surface area contributed by atoms with E-state index in [4.69, 9.17) is 15.2 Å². The molecule has 0 saturated carbocycles. The molecule has 4 aromatic rings. The Balaban J connectivity index is 1.79. The summed E-state index contributed by atoms with van der Waals surface area (Å²) in [6.07, 6.45) is 1.64. The maximum atomic E-state index is 13.6. The van der Waals surface area contributed by atoms with E-state index in [9.17, 15) is 13.6 Å². The van der Waals surface area contributed by atoms with Crippen LogP contribution in [0.15, 0.2) is 48.7 Å². The van der Waals surface area contributed by atoms with Gasteiger partial charge >= 0.3 is 0 Å². The summed E-state index contributed by atoms with van der Waals surface area (Å²) in [6, 6.07) is 10.1. The van der Waals surface area contributed by atoms with Gasteiger partial charge in [0.15, 0.2) is 17.3 Å². The lowest BCUT2D eigenvalue weighted by atomic mass is 10.0. The highest BCUT2D eigenvalue weighted by Gasteiger charge is 2.16. The molecule has 0 aliphatic heterocycles. The van der Waals surface area contributed by atoms with Gasteiger partial charge in [-0.1, -0.05) is 6.07 Å². The van der Waals surface area contributed by atoms with Gasteiger partial charge in [-0.25, -0.2) is 18.3 Å². The van der Waals surface area contributed by atoms with E-state index in [-0.39, 0.29) is 11.6 Å². The number of hydrogen-bond donors (Lipinski definition) is 2. The number of benzene rings is 2. The molecule has 8 nitrogen and oxygen atoms in total. The number of amides is 1. The predicted molar refractivity (Wildman–Crippen MR) is 118 cm³/mol. The number of ether oxygens (including phenoxy) is 2. The average Bonchev–Trinajstić information content (AvgIpc) is 3.20. The van der Waals surface area contributed by atoms with E-state index < -0.39 is 17.5 Å². The molecule has 0 aliphatic rings. The molecule has 4 rings (SSSR count). The van der Waals surface area contributed by atoms with Crippen LogP contribution in [0.1, 0.15) is 15.9 Å². The largest absolute Gasteiger partial charge is 0.437 e. The third-order valence-corrected chi connectivity index (χ3v) is 4.97. The Bertz CT molecular complexity index is 1340. The third-order valence-electron chi connectivity index (χ3n) is 4.97. The number of hydrogen-bond acceptors (Lipinski definition) is 6. The Morgan fingerprint density at radius 3 is 2.67 bits per heavy atom. The number of nitrogens with two attached hydrogens (primary N) is 1. The molecule has 0 aliphatic carbocycles. The van der Waals surface area contributed by atoms with Gasteiger partial charge in [0.05, 0.1) is 24.2 Å². The number of methoxy groups -OCH3 is 1. The van der Waals surface area contributed by atoms with Crippen molar-refractivity contribution in [1.82, 2.24) is 14.6 Å². The van der Waals surface area contributed by atoms with Crippen LogP contribution in [0.4, 0.5) is 14.5 Å². The minimum atomic E-state index is -1.03. The SMILES string of the molecule is COCCNc1cc(Oc2ccc(F)c(F)c2)nn2c(-c3ccc(C(N)=O)c(C)c3)cnc12. The standard InChI is InChI=1S/C23H21F2N5O3/c1-13-9-14(3-5-16(13)22(26)31)20-12-28-23-19(27-7-8-32-2)11-21(29-30(20)23)33-15-4-6-17(24)18(25)10-15/h3-6,9-12,27H,7-8H2,1-2H3,(H2,26,31). The average molecular weight is 453 g/mol. The smallest absolute Gasteiger partial charge is 0.248 e. The number of aryl methyl sites for hydroxylation is 1. The van der Waals surface area contributed by atoms with E-state index in [1.54, 1.807) is 42.9 Å². The van der Waals surface area contributed by atoms with Gasteiger partial charge in [0.2, 0.25) is 11.8 Å². The van der Waals surface area contributed by atoms with Crippen molar-refractivity contribution in [3.8, 4) is 22.9 Å². The minimum Gasteiger partial charge on any atom is -0.437 e. The van der Waals surface area contributed by atoms with Crippen LogP contribution in [0.5, 0.6) is 11.6 Å². The number of rotatable bonds is 8. The second kappa shape index (κ2) is 9.21. The molecular formula is C23H21F2N5O3. The third kappa shape index (κ3) is 4.60. The second-order valence-corrected chi connectivity index (χ2v) is 7.27. The highest BCUT2D eigenvalue weighted by atomic mass is 19.2. The van der Waals surface area contributed by atoms with E-state index in [0.29, 0.717) is 41.3 Å². The molecule has 2 heterocycles. The number of anilines is 1. The number of aromatic nitrogens is 3. The van der Waals surface area contributed by atoms with Crippen molar-refractivity contribution in [2.75, 3.05) is 25.6 Å². The fourth-order valence-electron chi connectivity index (χ4n) is 3.37. The quantitative estimate of drug-likeness (QED) is 0.392. The first-order valence-corrected chi connectivity index (χ1v) is 10.0. The number of fused-ring (bicyclic) bond motifs is 1. The first kappa shape index (κ1) is 22.2. The van der Waals surface area contributed by atoms with Crippen LogP contribution < -0.4 is 15.8 Å². The lowest BCUT2D eigenvalue weighted by Crippen LogP contribution is -2.12. The fourth-order valence-corrected chi connectivity index (χ4v) is 3.37. The Kier molecular flexibility index (Phi) is 6.18. The van der Waals surface area contributed by atoms with Crippen LogP contribution in [0.25, 0.3) is 16.9 Å². The van der Waals surface area contributed by atoms with E-state index in [1.165, 1.54) is 6.07 Å². The fraction of sp³-hybridized carbons (Fsp3) is 0.174. The molecule has 33 heavy (non-hydrogen) atoms. The van der Waals surface area contributed by atoms with Gasteiger partial charge in [0.1, 0.15) is 5.75 Å². The van der Waals surface area contributed by atoms with Gasteiger partial charge in [0, 0.05) is 36.9 Å². The van der Waals surface area contributed by atoms with E-state index in [2.05, 4.69) is 15.4 Å². The van der Waals surface area contributed by atoms with Crippen molar-refractivity contribution in [2.24, 2.45) is 5.73 Å². The zero-order valence-corrected chi connectivity index (χ0v) is 17.9. The van der Waals surface area contributed by atoms with Gasteiger partial charge in [-0.15, -0.1) is 5.10 Å². The second-order valence-electron chi connectivity index (χ2n) is 7.27. The maximum absolute atomic E-state index is 13.6. The molecular weight excluding hydrogens is 432 g/mol. The van der Waals surface area contributed by atoms with Crippen molar-refractivity contribution in [3.05, 3.63) is 71.4 Å². The highest BCUT2D eigenvalue weighted by molar-refractivity contribution is 5.94. The lowest BCUT2D eigenvalue weighted by molar-refractivity contribution is 0.0999. The number of halogens is 2. The molecule has 0 bridgehead atoms. The predicted octanol–water partition coefficient (Wildman–Crippen LogP) is 3.93. The summed E-state index contributed by atoms with van der Waals surface area (Å²) >= 11 is 0. The van der Waals surface area contributed by atoms with Gasteiger partial charge in [-0.2, -0.15) is 0 Å². The molecule has 0 unspecified atom stereocenters. The van der Waals surface area contributed by atoms with Gasteiger partial charge < -0.3 is 20.5 Å². The van der Waals surface area contributed by atoms with Crippen LogP contribution in [-0.4, -0.2) is 40.8 Å². The topological polar surface area (TPSA) is 104 Å². The van der Waals surface area contributed by atoms with Crippen molar-refractivity contribution < 1.29 is 23.0 Å². The summed E-state index contributed by atoms with van der Waals surface area (Å²) in [7, 11) is 1.59. The zero-order valence-electron chi connectivity index (χ0n) is 17.9. The summed E-state index contributed by atoms with van der Waals surface area (Å²) < 4.78 is 39.3. The van der Waals surface area contributed by atoms with E-state index >= 15 is 0 Å². The van der Waals surface area contributed by atoms with E-state index in [0.717, 1.165) is 17.7 Å². The molecule has 0 atom stereocenters. The molecule has 2 aromatic heterocycles. The van der Waals surface area contributed by atoms with E-state index in [1.807, 2.05) is 6.07 Å². The van der Waals surface area contributed by atoms with Crippen LogP contribution >= 0.6 is 0 Å². The summed E-state index contributed by atoms with van der Waals surface area (Å²) in [4.78, 5) is 16.0. The highest BCUT2D eigenvalue weighted by Crippen LogP contribution is 2.30. The first-order chi connectivity index (χ1) is 15.9. The Morgan fingerprint density at radius 2 is 1.97 bits per heavy atom. The van der Waals surface area contributed by atoms with Crippen LogP contribution in [0, 0.1) is 18.6 Å². The Hall–Kier alpha value is -4.05. The van der Waals surface area contributed by atoms with Gasteiger partial charge in [-0.05, 0) is 36.8 Å². The molecule has 2 aromatic carbocycles. The summed E-state index contributed by atoms with van der Waals surface area (Å²) in [5.41, 5.74) is 9.06. The molecule has 0 saturated heterocycles. The van der Waals surface area contributed by atoms with Gasteiger partial charge in [0.25, 0.3) is 0 Å². The summed E-state index contributed by atoms with van der Waals surface area (Å²) in [6.45, 7) is 2.74. The molecule has 170 valence electrons. The molecule has 0 fully saturated rings. The summed E-state index contributed by atoms with van der Waals surface area (Å²) in [5, 5.41) is 7.70. The molecule has 0 spiro atoms. The number of nitrogens with one attached hydrogen (secondary N) is 1. The monoisotopic (exact) mass is 453 g/mol. The molecule has 0 radical (unpaired) electrons. The Labute approximate surface area is 188 Å². The molecule has 10 heteroatoms. The summed E-state index contributed by atoms with van der Waals surface area (Å²) in [5.74, 6) is -2.29. The normalized spacial score (nSPS) is 11.0. The van der Waals surface area contributed by atoms with Gasteiger partial charge in [-0.3, -0.25) is 4.79 Å². The van der Waals surface area contributed by atoms with Crippen molar-refractivity contribution in [1.29, 1.82) is 0 Å². The van der Waals surface area contributed by atoms with Crippen LogP contribution in [-0.2, 0) is 4.74 Å². The minimum absolute atomic E-state index is 0.0897. The van der Waals surface area contributed by atoms with Crippen LogP contribution in [0.3, 0.4) is 0 Å². The number of carbonyl (C=O) groups is 1. The molecule has 1 amide bonds. The number of primary amides is 1. The molecule has 3 N–H and O–H groups in total. The maximum Gasteiger partial charge on any atom is 0.248 e. The lowest BCUT2D eigenvalue weighted by Gasteiger charge is -2.12.